The summed E-state index contributed by atoms with van der Waals surface area (Å²) in [5.74, 6) is 0. The minimum Gasteiger partial charge on any atom is -0.396 e. The average Bonchev–Trinajstić information content (AvgIpc) is 2.27. The van der Waals surface area contributed by atoms with Crippen LogP contribution in [0.5, 0.6) is 0 Å². The zero-order valence-electron chi connectivity index (χ0n) is 8.61. The summed E-state index contributed by atoms with van der Waals surface area (Å²) in [6, 6.07) is 9.65. The van der Waals surface area contributed by atoms with Crippen LogP contribution >= 0.6 is 0 Å². The van der Waals surface area contributed by atoms with Crippen LogP contribution in [0.25, 0.3) is 0 Å². The fourth-order valence-corrected chi connectivity index (χ4v) is 1.65. The molecule has 2 heteroatoms. The van der Waals surface area contributed by atoms with Crippen LogP contribution in [0.4, 0.5) is 0 Å². The molecule has 1 rings (SSSR count). The van der Waals surface area contributed by atoms with Crippen LogP contribution in [0, 0.1) is 0 Å². The van der Waals surface area contributed by atoms with Crippen molar-refractivity contribution in [3.05, 3.63) is 35.9 Å². The van der Waals surface area contributed by atoms with E-state index in [1.807, 2.05) is 37.3 Å². The molecule has 0 saturated heterocycles. The zero-order valence-corrected chi connectivity index (χ0v) is 8.61. The molecule has 0 amide bonds. The van der Waals surface area contributed by atoms with Crippen molar-refractivity contribution < 1.29 is 10.2 Å². The highest BCUT2D eigenvalue weighted by Crippen LogP contribution is 2.29. The van der Waals surface area contributed by atoms with Gasteiger partial charge >= 0.3 is 0 Å². The van der Waals surface area contributed by atoms with E-state index < -0.39 is 5.60 Å². The minimum atomic E-state index is -0.774. The summed E-state index contributed by atoms with van der Waals surface area (Å²) in [6.07, 6.45) is 1.93. The van der Waals surface area contributed by atoms with Crippen LogP contribution in [0.15, 0.2) is 30.3 Å². The Morgan fingerprint density at radius 2 is 1.86 bits per heavy atom. The summed E-state index contributed by atoms with van der Waals surface area (Å²) in [6.45, 7) is 2.10. The van der Waals surface area contributed by atoms with Gasteiger partial charge in [0.15, 0.2) is 0 Å². The molecule has 0 fully saturated rings. The van der Waals surface area contributed by atoms with Crippen molar-refractivity contribution in [2.75, 3.05) is 6.61 Å². The summed E-state index contributed by atoms with van der Waals surface area (Å²) < 4.78 is 0. The SMILES string of the molecule is CCC(O)(CCCO)c1ccccc1. The lowest BCUT2D eigenvalue weighted by atomic mass is 9.87. The Bertz CT molecular complexity index is 258. The molecule has 0 heterocycles. The summed E-state index contributed by atoms with van der Waals surface area (Å²) in [7, 11) is 0. The Morgan fingerprint density at radius 3 is 2.36 bits per heavy atom. The highest BCUT2D eigenvalue weighted by atomic mass is 16.3. The molecule has 78 valence electrons. The second-order valence-electron chi connectivity index (χ2n) is 3.58. The second-order valence-corrected chi connectivity index (χ2v) is 3.58. The first kappa shape index (κ1) is 11.2. The smallest absolute Gasteiger partial charge is 0.0894 e. The van der Waals surface area contributed by atoms with Crippen molar-refractivity contribution in [1.82, 2.24) is 0 Å². The van der Waals surface area contributed by atoms with Gasteiger partial charge in [-0.25, -0.2) is 0 Å². The lowest BCUT2D eigenvalue weighted by Crippen LogP contribution is -2.24. The Hall–Kier alpha value is -0.860. The molecule has 2 nitrogen and oxygen atoms in total. The van der Waals surface area contributed by atoms with Crippen LogP contribution in [-0.4, -0.2) is 16.8 Å². The van der Waals surface area contributed by atoms with Crippen molar-refractivity contribution in [1.29, 1.82) is 0 Å². The first-order valence-electron chi connectivity index (χ1n) is 5.11. The largest absolute Gasteiger partial charge is 0.396 e. The van der Waals surface area contributed by atoms with E-state index in [1.54, 1.807) is 0 Å². The molecular formula is C12H18O2. The molecule has 1 aromatic carbocycles. The zero-order chi connectivity index (χ0) is 10.4. The highest BCUT2D eigenvalue weighted by Gasteiger charge is 2.25. The van der Waals surface area contributed by atoms with Crippen molar-refractivity contribution in [3.63, 3.8) is 0 Å². The summed E-state index contributed by atoms with van der Waals surface area (Å²) in [5, 5.41) is 19.1. The van der Waals surface area contributed by atoms with Gasteiger partial charge in [0.1, 0.15) is 0 Å². The topological polar surface area (TPSA) is 40.5 Å². The molecule has 2 N–H and O–H groups in total. The monoisotopic (exact) mass is 194 g/mol. The summed E-state index contributed by atoms with van der Waals surface area (Å²) in [4.78, 5) is 0. The molecule has 0 radical (unpaired) electrons. The van der Waals surface area contributed by atoms with E-state index >= 15 is 0 Å². The van der Waals surface area contributed by atoms with E-state index in [2.05, 4.69) is 0 Å². The molecule has 0 aliphatic carbocycles. The predicted molar refractivity (Wildman–Crippen MR) is 56.9 cm³/mol. The molecule has 1 atom stereocenters. The Balaban J connectivity index is 2.79. The van der Waals surface area contributed by atoms with Gasteiger partial charge in [-0.3, -0.25) is 0 Å². The number of aliphatic hydroxyl groups excluding tert-OH is 1. The van der Waals surface area contributed by atoms with E-state index in [9.17, 15) is 5.11 Å². The third-order valence-electron chi connectivity index (χ3n) is 2.64. The molecule has 0 saturated carbocycles. The molecule has 1 unspecified atom stereocenters. The predicted octanol–water partition coefficient (Wildman–Crippen LogP) is 2.06. The summed E-state index contributed by atoms with van der Waals surface area (Å²) >= 11 is 0. The second kappa shape index (κ2) is 5.13. The van der Waals surface area contributed by atoms with E-state index in [0.717, 1.165) is 5.56 Å². The van der Waals surface area contributed by atoms with Gasteiger partial charge < -0.3 is 10.2 Å². The van der Waals surface area contributed by atoms with E-state index in [0.29, 0.717) is 19.3 Å². The van der Waals surface area contributed by atoms with Crippen molar-refractivity contribution >= 4 is 0 Å². The fourth-order valence-electron chi connectivity index (χ4n) is 1.65. The first-order valence-corrected chi connectivity index (χ1v) is 5.11. The first-order chi connectivity index (χ1) is 6.73. The fraction of sp³-hybridized carbons (Fsp3) is 0.500. The Morgan fingerprint density at radius 1 is 1.21 bits per heavy atom. The maximum atomic E-state index is 10.3. The molecule has 0 aliphatic rings. The van der Waals surface area contributed by atoms with Crippen LogP contribution in [0.2, 0.25) is 0 Å². The molecule has 14 heavy (non-hydrogen) atoms. The van der Waals surface area contributed by atoms with Crippen LogP contribution in [0.3, 0.4) is 0 Å². The Labute approximate surface area is 85.2 Å². The van der Waals surface area contributed by atoms with Gasteiger partial charge in [-0.2, -0.15) is 0 Å². The quantitative estimate of drug-likeness (QED) is 0.753. The molecule has 0 aliphatic heterocycles. The van der Waals surface area contributed by atoms with E-state index in [1.165, 1.54) is 0 Å². The molecular weight excluding hydrogens is 176 g/mol. The third-order valence-corrected chi connectivity index (χ3v) is 2.64. The lowest BCUT2D eigenvalue weighted by Gasteiger charge is -2.27. The van der Waals surface area contributed by atoms with Crippen molar-refractivity contribution in [2.45, 2.75) is 31.8 Å². The maximum absolute atomic E-state index is 10.3. The number of rotatable bonds is 5. The average molecular weight is 194 g/mol. The van der Waals surface area contributed by atoms with Gasteiger partial charge in [-0.15, -0.1) is 0 Å². The van der Waals surface area contributed by atoms with Crippen molar-refractivity contribution in [2.24, 2.45) is 0 Å². The highest BCUT2D eigenvalue weighted by molar-refractivity contribution is 5.21. The van der Waals surface area contributed by atoms with E-state index in [4.69, 9.17) is 5.11 Å². The molecule has 0 spiro atoms. The van der Waals surface area contributed by atoms with Crippen LogP contribution < -0.4 is 0 Å². The normalized spacial score (nSPS) is 15.1. The molecule has 1 aromatic rings. The molecule has 0 aromatic heterocycles. The maximum Gasteiger partial charge on any atom is 0.0894 e. The standard InChI is InChI=1S/C12H18O2/c1-2-12(14,9-6-10-13)11-7-4-3-5-8-11/h3-5,7-8,13-14H,2,6,9-10H2,1H3. The van der Waals surface area contributed by atoms with E-state index in [-0.39, 0.29) is 6.61 Å². The number of aliphatic hydroxyl groups is 2. The van der Waals surface area contributed by atoms with Gasteiger partial charge in [-0.05, 0) is 24.8 Å². The van der Waals surface area contributed by atoms with Crippen molar-refractivity contribution in [3.8, 4) is 0 Å². The van der Waals surface area contributed by atoms with Crippen LogP contribution in [-0.2, 0) is 5.60 Å². The number of hydrogen-bond donors (Lipinski definition) is 2. The van der Waals surface area contributed by atoms with Gasteiger partial charge in [0, 0.05) is 6.61 Å². The van der Waals surface area contributed by atoms with Gasteiger partial charge in [0.25, 0.3) is 0 Å². The summed E-state index contributed by atoms with van der Waals surface area (Å²) in [5.41, 5.74) is 0.167. The minimum absolute atomic E-state index is 0.134. The van der Waals surface area contributed by atoms with Crippen LogP contribution in [0.1, 0.15) is 31.7 Å². The van der Waals surface area contributed by atoms with Gasteiger partial charge in [0.05, 0.1) is 5.60 Å². The number of hydrogen-bond acceptors (Lipinski definition) is 2. The third kappa shape index (κ3) is 2.56. The van der Waals surface area contributed by atoms with Gasteiger partial charge in [0.2, 0.25) is 0 Å². The molecule has 0 bridgehead atoms. The van der Waals surface area contributed by atoms with Gasteiger partial charge in [-0.1, -0.05) is 37.3 Å². The lowest BCUT2D eigenvalue weighted by molar-refractivity contribution is 0.0170. The number of benzene rings is 1. The Kier molecular flexibility index (Phi) is 4.11.